The van der Waals surface area contributed by atoms with Gasteiger partial charge in [-0.1, -0.05) is 50.6 Å². The van der Waals surface area contributed by atoms with Crippen molar-refractivity contribution >= 4 is 11.7 Å². The average Bonchev–Trinajstić information content (AvgIpc) is 2.37. The number of hydrogen-bond donors (Lipinski definition) is 3. The second-order valence-electron chi connectivity index (χ2n) is 5.14. The number of nitrogens with one attached hydrogen (secondary N) is 1. The lowest BCUT2D eigenvalue weighted by Crippen LogP contribution is -2.35. The Kier molecular flexibility index (Phi) is 11.0. The van der Waals surface area contributed by atoms with Gasteiger partial charge in [0, 0.05) is 18.9 Å². The van der Waals surface area contributed by atoms with Gasteiger partial charge in [0.1, 0.15) is 5.84 Å². The van der Waals surface area contributed by atoms with Crippen LogP contribution in [-0.2, 0) is 4.79 Å². The summed E-state index contributed by atoms with van der Waals surface area (Å²) in [4.78, 5) is 11.6. The molecule has 0 aliphatic carbocycles. The van der Waals surface area contributed by atoms with E-state index in [9.17, 15) is 4.79 Å². The molecule has 0 radical (unpaired) electrons. The van der Waals surface area contributed by atoms with Crippen LogP contribution in [0.1, 0.15) is 71.6 Å². The minimum atomic E-state index is -0.0899. The Morgan fingerprint density at radius 1 is 1.21 bits per heavy atom. The van der Waals surface area contributed by atoms with E-state index in [-0.39, 0.29) is 17.8 Å². The van der Waals surface area contributed by atoms with E-state index in [2.05, 4.69) is 17.4 Å². The Hall–Kier alpha value is -1.26. The van der Waals surface area contributed by atoms with E-state index in [4.69, 9.17) is 10.9 Å². The summed E-state index contributed by atoms with van der Waals surface area (Å²) in [6.45, 7) is 4.06. The van der Waals surface area contributed by atoms with Crippen LogP contribution in [0.15, 0.2) is 5.16 Å². The van der Waals surface area contributed by atoms with Gasteiger partial charge >= 0.3 is 0 Å². The second kappa shape index (κ2) is 11.8. The normalized spacial score (nSPS) is 13.3. The van der Waals surface area contributed by atoms with Crippen molar-refractivity contribution in [3.8, 4) is 0 Å². The van der Waals surface area contributed by atoms with Gasteiger partial charge in [-0.15, -0.1) is 0 Å². The number of hydrogen-bond acceptors (Lipinski definition) is 3. The van der Waals surface area contributed by atoms with Crippen molar-refractivity contribution in [1.29, 1.82) is 0 Å². The molecule has 0 aromatic rings. The van der Waals surface area contributed by atoms with E-state index in [1.807, 2.05) is 6.92 Å². The zero-order valence-electron chi connectivity index (χ0n) is 12.3. The number of carbonyl (C=O) groups is 1. The van der Waals surface area contributed by atoms with Gasteiger partial charge in [0.05, 0.1) is 0 Å². The summed E-state index contributed by atoms with van der Waals surface area (Å²) in [5, 5.41) is 14.2. The zero-order chi connectivity index (χ0) is 14.5. The molecule has 1 unspecified atom stereocenters. The summed E-state index contributed by atoms with van der Waals surface area (Å²) in [5.41, 5.74) is 5.38. The molecule has 0 fully saturated rings. The molecule has 112 valence electrons. The Bertz CT molecular complexity index is 267. The fourth-order valence-corrected chi connectivity index (χ4v) is 2.00. The van der Waals surface area contributed by atoms with E-state index >= 15 is 0 Å². The first kappa shape index (κ1) is 17.7. The highest BCUT2D eigenvalue weighted by atomic mass is 16.4. The minimum absolute atomic E-state index is 0.0480. The van der Waals surface area contributed by atoms with Crippen LogP contribution < -0.4 is 11.1 Å². The summed E-state index contributed by atoms with van der Waals surface area (Å²) >= 11 is 0. The monoisotopic (exact) mass is 271 g/mol. The first-order valence-corrected chi connectivity index (χ1v) is 7.35. The lowest BCUT2D eigenvalue weighted by atomic mass is 10.1. The quantitative estimate of drug-likeness (QED) is 0.177. The molecule has 1 atom stereocenters. The van der Waals surface area contributed by atoms with Gasteiger partial charge in [0.25, 0.3) is 0 Å². The maximum absolute atomic E-state index is 11.6. The number of amides is 1. The van der Waals surface area contributed by atoms with Crippen LogP contribution >= 0.6 is 0 Å². The molecule has 0 bridgehead atoms. The fourth-order valence-electron chi connectivity index (χ4n) is 2.00. The fraction of sp³-hybridized carbons (Fsp3) is 0.857. The van der Waals surface area contributed by atoms with Gasteiger partial charge in [-0.2, -0.15) is 0 Å². The van der Waals surface area contributed by atoms with Crippen molar-refractivity contribution < 1.29 is 10.0 Å². The van der Waals surface area contributed by atoms with E-state index < -0.39 is 0 Å². The van der Waals surface area contributed by atoms with Crippen LogP contribution in [-0.4, -0.2) is 23.0 Å². The van der Waals surface area contributed by atoms with Gasteiger partial charge in [-0.25, -0.2) is 0 Å². The number of carbonyl (C=O) groups excluding carboxylic acids is 1. The summed E-state index contributed by atoms with van der Waals surface area (Å²) < 4.78 is 0. The van der Waals surface area contributed by atoms with Gasteiger partial charge in [0.2, 0.25) is 5.91 Å². The first-order valence-electron chi connectivity index (χ1n) is 7.35. The van der Waals surface area contributed by atoms with Crippen molar-refractivity contribution in [1.82, 2.24) is 5.32 Å². The Labute approximate surface area is 116 Å². The van der Waals surface area contributed by atoms with E-state index in [0.717, 1.165) is 12.8 Å². The molecule has 5 nitrogen and oxygen atoms in total. The van der Waals surface area contributed by atoms with Crippen molar-refractivity contribution in [2.45, 2.75) is 77.7 Å². The summed E-state index contributed by atoms with van der Waals surface area (Å²) in [6, 6.07) is -0.0899. The van der Waals surface area contributed by atoms with Crippen LogP contribution in [0.2, 0.25) is 0 Å². The summed E-state index contributed by atoms with van der Waals surface area (Å²) in [6.07, 6.45) is 9.36. The minimum Gasteiger partial charge on any atom is -0.409 e. The third-order valence-electron chi connectivity index (χ3n) is 3.06. The van der Waals surface area contributed by atoms with E-state index in [1.54, 1.807) is 0 Å². The third kappa shape index (κ3) is 11.6. The lowest BCUT2D eigenvalue weighted by molar-refractivity contribution is -0.121. The topological polar surface area (TPSA) is 87.7 Å². The molecule has 0 saturated heterocycles. The van der Waals surface area contributed by atoms with Crippen LogP contribution in [0.3, 0.4) is 0 Å². The Morgan fingerprint density at radius 2 is 1.79 bits per heavy atom. The molecule has 0 aromatic heterocycles. The number of oxime groups is 1. The van der Waals surface area contributed by atoms with Crippen molar-refractivity contribution in [2.24, 2.45) is 10.9 Å². The predicted molar refractivity (Wildman–Crippen MR) is 78.2 cm³/mol. The van der Waals surface area contributed by atoms with Gasteiger partial charge in [-0.3, -0.25) is 4.79 Å². The molecule has 5 heteroatoms. The molecule has 1 amide bonds. The molecule has 0 spiro atoms. The molecular weight excluding hydrogens is 242 g/mol. The number of unbranched alkanes of at least 4 members (excludes halogenated alkanes) is 6. The molecule has 4 N–H and O–H groups in total. The van der Waals surface area contributed by atoms with Crippen molar-refractivity contribution in [2.75, 3.05) is 0 Å². The number of nitrogens with two attached hydrogens (primary N) is 1. The maximum atomic E-state index is 11.6. The van der Waals surface area contributed by atoms with Gasteiger partial charge in [0.15, 0.2) is 0 Å². The lowest BCUT2D eigenvalue weighted by Gasteiger charge is -2.12. The van der Waals surface area contributed by atoms with Crippen LogP contribution in [0, 0.1) is 0 Å². The molecule has 19 heavy (non-hydrogen) atoms. The van der Waals surface area contributed by atoms with E-state index in [1.165, 1.54) is 32.1 Å². The second-order valence-corrected chi connectivity index (χ2v) is 5.14. The van der Waals surface area contributed by atoms with Crippen LogP contribution in [0.4, 0.5) is 0 Å². The Morgan fingerprint density at radius 3 is 2.37 bits per heavy atom. The van der Waals surface area contributed by atoms with Crippen LogP contribution in [0.5, 0.6) is 0 Å². The molecule has 0 aliphatic heterocycles. The third-order valence-corrected chi connectivity index (χ3v) is 3.06. The van der Waals surface area contributed by atoms with Gasteiger partial charge in [-0.05, 0) is 13.3 Å². The smallest absolute Gasteiger partial charge is 0.220 e. The number of nitrogens with zero attached hydrogens (tertiary/aromatic N) is 1. The molecule has 0 heterocycles. The average molecular weight is 271 g/mol. The summed E-state index contributed by atoms with van der Waals surface area (Å²) in [7, 11) is 0. The Balaban J connectivity index is 3.48. The summed E-state index contributed by atoms with van der Waals surface area (Å²) in [5.74, 6) is 0.190. The number of amidine groups is 1. The van der Waals surface area contributed by atoms with E-state index in [0.29, 0.717) is 12.8 Å². The predicted octanol–water partition coefficient (Wildman–Crippen LogP) is 2.77. The standard InChI is InChI=1S/C14H29N3O2/c1-3-4-5-6-7-8-9-10-14(18)16-12(2)11-13(15)17-19/h12,19H,3-11H2,1-2H3,(H2,15,17)(H,16,18). The highest BCUT2D eigenvalue weighted by Gasteiger charge is 2.08. The SMILES string of the molecule is CCCCCCCCCC(=O)NC(C)CC(N)=NO. The molecule has 0 rings (SSSR count). The largest absolute Gasteiger partial charge is 0.409 e. The molecule has 0 aromatic carbocycles. The van der Waals surface area contributed by atoms with Gasteiger partial charge < -0.3 is 16.3 Å². The van der Waals surface area contributed by atoms with Crippen LogP contribution in [0.25, 0.3) is 0 Å². The molecular formula is C14H29N3O2. The molecule has 0 saturated carbocycles. The molecule has 0 aliphatic rings. The zero-order valence-corrected chi connectivity index (χ0v) is 12.3. The highest BCUT2D eigenvalue weighted by Crippen LogP contribution is 2.08. The first-order chi connectivity index (χ1) is 9.10. The highest BCUT2D eigenvalue weighted by molar-refractivity contribution is 5.81. The van der Waals surface area contributed by atoms with Crippen molar-refractivity contribution in [3.05, 3.63) is 0 Å². The number of rotatable bonds is 11. The van der Waals surface area contributed by atoms with Crippen molar-refractivity contribution in [3.63, 3.8) is 0 Å². The maximum Gasteiger partial charge on any atom is 0.220 e.